The van der Waals surface area contributed by atoms with Gasteiger partial charge < -0.3 is 10.1 Å². The van der Waals surface area contributed by atoms with Crippen molar-refractivity contribution >= 4 is 39.9 Å². The lowest BCUT2D eigenvalue weighted by Gasteiger charge is -2.16. The Hall–Kier alpha value is -2.74. The molecule has 0 aliphatic heterocycles. The minimum atomic E-state index is -0.328. The first-order valence-corrected chi connectivity index (χ1v) is 9.05. The van der Waals surface area contributed by atoms with E-state index in [0.29, 0.717) is 21.4 Å². The fraction of sp³-hybridized carbons (Fsp3) is 0.143. The van der Waals surface area contributed by atoms with Gasteiger partial charge in [0.1, 0.15) is 18.8 Å². The molecule has 0 aliphatic carbocycles. The lowest BCUT2D eigenvalue weighted by Crippen LogP contribution is -2.22. The molecule has 1 amide bonds. The van der Waals surface area contributed by atoms with Crippen molar-refractivity contribution in [3.05, 3.63) is 75.8 Å². The van der Waals surface area contributed by atoms with E-state index in [4.69, 9.17) is 33.2 Å². The number of rotatable bonds is 6. The van der Waals surface area contributed by atoms with E-state index in [9.17, 15) is 4.79 Å². The first-order chi connectivity index (χ1) is 13.1. The Morgan fingerprint density at radius 3 is 2.48 bits per heavy atom. The van der Waals surface area contributed by atoms with Gasteiger partial charge in [-0.25, -0.2) is 0 Å². The monoisotopic (exact) mass is 398 g/mol. The number of nitriles is 1. The van der Waals surface area contributed by atoms with E-state index in [2.05, 4.69) is 5.32 Å². The number of carbonyl (C=O) groups is 1. The van der Waals surface area contributed by atoms with Crippen LogP contribution >= 0.6 is 23.2 Å². The standard InChI is InChI=1S/C21H16Cl2N2O2/c22-18-6-3-7-19(23)17(18)13-27-20-9-8-14-4-1-2-5-15(14)16(20)12-25-21(26)10-11-24/h1-9H,10,12-13H2,(H,25,26). The Kier molecular flexibility index (Phi) is 6.18. The molecule has 0 fully saturated rings. The molecule has 27 heavy (non-hydrogen) atoms. The number of carbonyl (C=O) groups excluding carboxylic acids is 1. The number of amides is 1. The molecule has 0 spiro atoms. The van der Waals surface area contributed by atoms with Gasteiger partial charge in [0.2, 0.25) is 5.91 Å². The van der Waals surface area contributed by atoms with Crippen LogP contribution in [0, 0.1) is 11.3 Å². The fourth-order valence-corrected chi connectivity index (χ4v) is 3.28. The number of hydrogen-bond donors (Lipinski definition) is 1. The van der Waals surface area contributed by atoms with E-state index in [1.807, 2.05) is 42.5 Å². The van der Waals surface area contributed by atoms with Gasteiger partial charge in [-0.05, 0) is 29.0 Å². The zero-order valence-corrected chi connectivity index (χ0v) is 15.8. The molecule has 0 unspecified atom stereocenters. The number of fused-ring (bicyclic) bond motifs is 1. The molecule has 3 aromatic carbocycles. The molecule has 6 heteroatoms. The third kappa shape index (κ3) is 4.51. The third-order valence-electron chi connectivity index (χ3n) is 4.13. The van der Waals surface area contributed by atoms with Crippen molar-refractivity contribution in [1.29, 1.82) is 5.26 Å². The second-order valence-electron chi connectivity index (χ2n) is 5.86. The smallest absolute Gasteiger partial charge is 0.234 e. The zero-order valence-electron chi connectivity index (χ0n) is 14.3. The van der Waals surface area contributed by atoms with Gasteiger partial charge in [0, 0.05) is 27.7 Å². The lowest BCUT2D eigenvalue weighted by molar-refractivity contribution is -0.120. The predicted molar refractivity (Wildman–Crippen MR) is 107 cm³/mol. The highest BCUT2D eigenvalue weighted by Gasteiger charge is 2.12. The predicted octanol–water partition coefficient (Wildman–Crippen LogP) is 5.26. The minimum absolute atomic E-state index is 0.184. The normalized spacial score (nSPS) is 10.4. The van der Waals surface area contributed by atoms with Gasteiger partial charge in [-0.3, -0.25) is 4.79 Å². The van der Waals surface area contributed by atoms with Crippen LogP contribution in [0.4, 0.5) is 0 Å². The summed E-state index contributed by atoms with van der Waals surface area (Å²) in [5.41, 5.74) is 1.54. The quantitative estimate of drug-likeness (QED) is 0.616. The largest absolute Gasteiger partial charge is 0.488 e. The maximum absolute atomic E-state index is 11.7. The first kappa shape index (κ1) is 19.0. The summed E-state index contributed by atoms with van der Waals surface area (Å²) in [7, 11) is 0. The molecule has 3 aromatic rings. The van der Waals surface area contributed by atoms with Crippen LogP contribution in [0.2, 0.25) is 10.0 Å². The van der Waals surface area contributed by atoms with Crippen molar-refractivity contribution in [1.82, 2.24) is 5.32 Å². The van der Waals surface area contributed by atoms with E-state index in [1.54, 1.807) is 18.2 Å². The molecule has 1 N–H and O–H groups in total. The summed E-state index contributed by atoms with van der Waals surface area (Å²) < 4.78 is 6.00. The Morgan fingerprint density at radius 1 is 1.00 bits per heavy atom. The molecule has 0 saturated heterocycles. The average molecular weight is 399 g/mol. The van der Waals surface area contributed by atoms with E-state index < -0.39 is 0 Å². The molecule has 0 atom stereocenters. The van der Waals surface area contributed by atoms with Crippen LogP contribution in [0.25, 0.3) is 10.8 Å². The van der Waals surface area contributed by atoms with E-state index in [1.165, 1.54) is 0 Å². The van der Waals surface area contributed by atoms with Gasteiger partial charge in [0.15, 0.2) is 0 Å². The molecular weight excluding hydrogens is 383 g/mol. The summed E-state index contributed by atoms with van der Waals surface area (Å²) in [5.74, 6) is 0.299. The molecule has 0 radical (unpaired) electrons. The number of nitrogens with zero attached hydrogens (tertiary/aromatic N) is 1. The van der Waals surface area contributed by atoms with Crippen molar-refractivity contribution in [2.45, 2.75) is 19.6 Å². The molecule has 0 aromatic heterocycles. The van der Waals surface area contributed by atoms with E-state index in [0.717, 1.165) is 16.3 Å². The van der Waals surface area contributed by atoms with E-state index >= 15 is 0 Å². The van der Waals surface area contributed by atoms with Crippen molar-refractivity contribution in [3.8, 4) is 11.8 Å². The molecule has 0 saturated carbocycles. The number of nitrogens with one attached hydrogen (secondary N) is 1. The summed E-state index contributed by atoms with van der Waals surface area (Å²) in [5, 5.41) is 14.5. The van der Waals surface area contributed by atoms with Crippen LogP contribution in [-0.4, -0.2) is 5.91 Å². The average Bonchev–Trinajstić information content (AvgIpc) is 2.66. The Balaban J connectivity index is 1.91. The van der Waals surface area contributed by atoms with Gasteiger partial charge in [0.25, 0.3) is 0 Å². The van der Waals surface area contributed by atoms with Gasteiger partial charge in [0.05, 0.1) is 6.07 Å². The van der Waals surface area contributed by atoms with Crippen LogP contribution in [-0.2, 0) is 17.9 Å². The highest BCUT2D eigenvalue weighted by atomic mass is 35.5. The molecule has 4 nitrogen and oxygen atoms in total. The third-order valence-corrected chi connectivity index (χ3v) is 4.84. The molecule has 136 valence electrons. The Labute approximate surface area is 167 Å². The lowest BCUT2D eigenvalue weighted by atomic mass is 10.0. The summed E-state index contributed by atoms with van der Waals surface area (Å²) in [6.45, 7) is 0.462. The van der Waals surface area contributed by atoms with Crippen molar-refractivity contribution in [3.63, 3.8) is 0 Å². The highest BCUT2D eigenvalue weighted by molar-refractivity contribution is 6.35. The number of hydrogen-bond acceptors (Lipinski definition) is 3. The van der Waals surface area contributed by atoms with Gasteiger partial charge in [-0.15, -0.1) is 0 Å². The Morgan fingerprint density at radius 2 is 1.74 bits per heavy atom. The zero-order chi connectivity index (χ0) is 19.2. The SMILES string of the molecule is N#CCC(=O)NCc1c(OCc2c(Cl)cccc2Cl)ccc2ccccc12. The van der Waals surface area contributed by atoms with E-state index in [-0.39, 0.29) is 25.5 Å². The topological polar surface area (TPSA) is 62.1 Å². The minimum Gasteiger partial charge on any atom is -0.488 e. The molecule has 3 rings (SSSR count). The highest BCUT2D eigenvalue weighted by Crippen LogP contribution is 2.31. The fourth-order valence-electron chi connectivity index (χ4n) is 2.77. The van der Waals surface area contributed by atoms with Gasteiger partial charge >= 0.3 is 0 Å². The summed E-state index contributed by atoms with van der Waals surface area (Å²) in [6, 6.07) is 18.8. The van der Waals surface area contributed by atoms with Crippen LogP contribution in [0.5, 0.6) is 5.75 Å². The van der Waals surface area contributed by atoms with Crippen LogP contribution in [0.3, 0.4) is 0 Å². The van der Waals surface area contributed by atoms with Gasteiger partial charge in [-0.2, -0.15) is 5.26 Å². The first-order valence-electron chi connectivity index (χ1n) is 8.30. The second-order valence-corrected chi connectivity index (χ2v) is 6.68. The number of halogens is 2. The molecular formula is C21H16Cl2N2O2. The summed E-state index contributed by atoms with van der Waals surface area (Å²) >= 11 is 12.4. The van der Waals surface area contributed by atoms with Gasteiger partial charge in [-0.1, -0.05) is 59.6 Å². The number of ether oxygens (including phenoxy) is 1. The maximum atomic E-state index is 11.7. The molecule has 0 heterocycles. The molecule has 0 aliphatic rings. The maximum Gasteiger partial charge on any atom is 0.234 e. The second kappa shape index (κ2) is 8.77. The van der Waals surface area contributed by atoms with Crippen molar-refractivity contribution in [2.75, 3.05) is 0 Å². The van der Waals surface area contributed by atoms with Crippen LogP contribution in [0.1, 0.15) is 17.5 Å². The van der Waals surface area contributed by atoms with Crippen LogP contribution in [0.15, 0.2) is 54.6 Å². The van der Waals surface area contributed by atoms with Crippen LogP contribution < -0.4 is 10.1 Å². The summed E-state index contributed by atoms with van der Waals surface area (Å²) in [6.07, 6.45) is -0.184. The molecule has 0 bridgehead atoms. The van der Waals surface area contributed by atoms with Crippen molar-refractivity contribution in [2.24, 2.45) is 0 Å². The number of benzene rings is 3. The van der Waals surface area contributed by atoms with Crippen molar-refractivity contribution < 1.29 is 9.53 Å². The Bertz CT molecular complexity index is 1010. The summed E-state index contributed by atoms with van der Waals surface area (Å²) in [4.78, 5) is 11.7.